The van der Waals surface area contributed by atoms with Gasteiger partial charge in [0.1, 0.15) is 12.4 Å². The van der Waals surface area contributed by atoms with Crippen molar-refractivity contribution >= 4 is 0 Å². The van der Waals surface area contributed by atoms with E-state index in [4.69, 9.17) is 15.3 Å². The van der Waals surface area contributed by atoms with Crippen molar-refractivity contribution in [2.24, 2.45) is 0 Å². The molecular formula is C6H6O5. The molecule has 0 aliphatic heterocycles. The number of hydrogen-bond acceptors (Lipinski definition) is 5. The molecule has 0 spiro atoms. The fraction of sp³-hybridized carbons (Fsp3) is 0.167. The summed E-state index contributed by atoms with van der Waals surface area (Å²) in [6, 6.07) is 0.969. The summed E-state index contributed by atoms with van der Waals surface area (Å²) < 4.78 is 4.32. The lowest BCUT2D eigenvalue weighted by Crippen LogP contribution is -2.00. The molecule has 0 amide bonds. The van der Waals surface area contributed by atoms with E-state index >= 15 is 0 Å². The molecule has 0 unspecified atom stereocenters. The lowest BCUT2D eigenvalue weighted by Gasteiger charge is -1.96. The molecule has 0 fully saturated rings. The first-order chi connectivity index (χ1) is 5.15. The Hall–Kier alpha value is -1.49. The molecule has 0 saturated heterocycles. The van der Waals surface area contributed by atoms with Gasteiger partial charge in [0.25, 0.3) is 0 Å². The molecule has 1 aromatic heterocycles. The lowest BCUT2D eigenvalue weighted by atomic mass is 10.3. The third-order valence-corrected chi connectivity index (χ3v) is 1.11. The third kappa shape index (κ3) is 1.32. The molecule has 1 rings (SSSR count). The van der Waals surface area contributed by atoms with Gasteiger partial charge in [0.05, 0.1) is 0 Å². The Morgan fingerprint density at radius 2 is 2.09 bits per heavy atom. The van der Waals surface area contributed by atoms with Gasteiger partial charge < -0.3 is 19.7 Å². The van der Waals surface area contributed by atoms with Gasteiger partial charge in [-0.15, -0.1) is 0 Å². The van der Waals surface area contributed by atoms with Crippen molar-refractivity contribution in [1.82, 2.24) is 0 Å². The van der Waals surface area contributed by atoms with E-state index in [9.17, 15) is 4.79 Å². The smallest absolute Gasteiger partial charge is 0.382 e. The Labute approximate surface area is 61.1 Å². The van der Waals surface area contributed by atoms with E-state index in [2.05, 4.69) is 4.42 Å². The third-order valence-electron chi connectivity index (χ3n) is 1.11. The minimum absolute atomic E-state index is 0.0923. The minimum Gasteiger partial charge on any atom is -0.504 e. The summed E-state index contributed by atoms with van der Waals surface area (Å²) >= 11 is 0. The second-order valence-electron chi connectivity index (χ2n) is 1.89. The van der Waals surface area contributed by atoms with Crippen LogP contribution in [0.2, 0.25) is 0 Å². The molecule has 0 atom stereocenters. The van der Waals surface area contributed by atoms with Gasteiger partial charge in [-0.3, -0.25) is 0 Å². The second kappa shape index (κ2) is 2.63. The van der Waals surface area contributed by atoms with Crippen molar-refractivity contribution in [1.29, 1.82) is 0 Å². The number of hydrogen-bond donors (Lipinski definition) is 3. The van der Waals surface area contributed by atoms with Gasteiger partial charge in [-0.1, -0.05) is 0 Å². The fourth-order valence-corrected chi connectivity index (χ4v) is 0.600. The van der Waals surface area contributed by atoms with Crippen LogP contribution in [0, 0.1) is 0 Å². The molecular weight excluding hydrogens is 152 g/mol. The normalized spacial score (nSPS) is 9.91. The second-order valence-corrected chi connectivity index (χ2v) is 1.89. The van der Waals surface area contributed by atoms with Crippen LogP contribution in [0.15, 0.2) is 15.3 Å². The highest BCUT2D eigenvalue weighted by molar-refractivity contribution is 5.34. The van der Waals surface area contributed by atoms with Crippen molar-refractivity contribution in [2.45, 2.75) is 6.61 Å². The highest BCUT2D eigenvalue weighted by Crippen LogP contribution is 2.19. The number of rotatable bonds is 1. The van der Waals surface area contributed by atoms with Crippen molar-refractivity contribution in [2.75, 3.05) is 0 Å². The van der Waals surface area contributed by atoms with Crippen molar-refractivity contribution in [3.63, 3.8) is 0 Å². The van der Waals surface area contributed by atoms with E-state index in [1.165, 1.54) is 0 Å². The molecule has 0 aromatic carbocycles. The maximum absolute atomic E-state index is 10.5. The average molecular weight is 158 g/mol. The summed E-state index contributed by atoms with van der Waals surface area (Å²) in [4.78, 5) is 10.5. The van der Waals surface area contributed by atoms with Crippen LogP contribution in [0.1, 0.15) is 5.76 Å². The molecule has 0 aliphatic carbocycles. The summed E-state index contributed by atoms with van der Waals surface area (Å²) in [6.45, 7) is -0.497. The molecule has 0 radical (unpaired) electrons. The van der Waals surface area contributed by atoms with Crippen molar-refractivity contribution < 1.29 is 19.7 Å². The summed E-state index contributed by atoms with van der Waals surface area (Å²) in [5.41, 5.74) is -1.06. The number of aliphatic hydroxyl groups is 1. The summed E-state index contributed by atoms with van der Waals surface area (Å²) in [7, 11) is 0. The van der Waals surface area contributed by atoms with Crippen LogP contribution in [-0.4, -0.2) is 15.3 Å². The highest BCUT2D eigenvalue weighted by atomic mass is 16.4. The van der Waals surface area contributed by atoms with Crippen LogP contribution in [0.3, 0.4) is 0 Å². The van der Waals surface area contributed by atoms with E-state index in [-0.39, 0.29) is 5.76 Å². The molecule has 0 saturated carbocycles. The predicted octanol–water partition coefficient (Wildman–Crippen LogP) is -0.457. The van der Waals surface area contributed by atoms with Crippen LogP contribution in [0.25, 0.3) is 0 Å². The molecule has 1 aromatic rings. The molecule has 3 N–H and O–H groups in total. The monoisotopic (exact) mass is 158 g/mol. The Morgan fingerprint density at radius 3 is 2.55 bits per heavy atom. The van der Waals surface area contributed by atoms with Gasteiger partial charge in [-0.05, 0) is 0 Å². The highest BCUT2D eigenvalue weighted by Gasteiger charge is 2.07. The van der Waals surface area contributed by atoms with Crippen molar-refractivity contribution in [3.05, 3.63) is 22.2 Å². The quantitative estimate of drug-likeness (QED) is 0.514. The van der Waals surface area contributed by atoms with Gasteiger partial charge >= 0.3 is 5.63 Å². The summed E-state index contributed by atoms with van der Waals surface area (Å²) in [5.74, 6) is -1.53. The zero-order chi connectivity index (χ0) is 8.43. The minimum atomic E-state index is -1.06. The van der Waals surface area contributed by atoms with E-state index in [0.29, 0.717) is 0 Å². The Kier molecular flexibility index (Phi) is 1.82. The molecule has 5 nitrogen and oxygen atoms in total. The van der Waals surface area contributed by atoms with Crippen LogP contribution >= 0.6 is 0 Å². The van der Waals surface area contributed by atoms with E-state index in [0.717, 1.165) is 6.07 Å². The van der Waals surface area contributed by atoms with E-state index in [1.54, 1.807) is 0 Å². The van der Waals surface area contributed by atoms with Crippen LogP contribution in [0.4, 0.5) is 0 Å². The molecule has 60 valence electrons. The maximum Gasteiger partial charge on any atom is 0.382 e. The zero-order valence-corrected chi connectivity index (χ0v) is 5.44. The lowest BCUT2D eigenvalue weighted by molar-refractivity contribution is 0.233. The first-order valence-corrected chi connectivity index (χ1v) is 2.81. The van der Waals surface area contributed by atoms with Gasteiger partial charge in [-0.25, -0.2) is 4.79 Å². The van der Waals surface area contributed by atoms with Crippen LogP contribution in [-0.2, 0) is 6.61 Å². The molecule has 1 heterocycles. The van der Waals surface area contributed by atoms with Crippen molar-refractivity contribution in [3.8, 4) is 11.5 Å². The summed E-state index contributed by atoms with van der Waals surface area (Å²) in [5, 5.41) is 25.9. The first kappa shape index (κ1) is 7.62. The number of aromatic hydroxyl groups is 2. The van der Waals surface area contributed by atoms with Gasteiger partial charge in [0.15, 0.2) is 5.75 Å². The maximum atomic E-state index is 10.5. The molecule has 11 heavy (non-hydrogen) atoms. The van der Waals surface area contributed by atoms with Gasteiger partial charge in [-0.2, -0.15) is 0 Å². The Morgan fingerprint density at radius 1 is 1.45 bits per heavy atom. The van der Waals surface area contributed by atoms with E-state index < -0.39 is 23.7 Å². The standard InChI is InChI=1S/C6H6O5/c7-2-3-1-4(8)5(9)6(10)11-3/h1,7-9H,2H2. The average Bonchev–Trinajstić information content (AvgIpc) is 1.99. The Bertz CT molecular complexity index is 313. The summed E-state index contributed by atoms with van der Waals surface area (Å²) in [6.07, 6.45) is 0. The van der Waals surface area contributed by atoms with Gasteiger partial charge in [0.2, 0.25) is 5.75 Å². The SMILES string of the molecule is O=c1oc(CO)cc(O)c1O. The first-order valence-electron chi connectivity index (χ1n) is 2.81. The van der Waals surface area contributed by atoms with Crippen LogP contribution < -0.4 is 5.63 Å². The Balaban J connectivity index is 3.32. The molecule has 0 aliphatic rings. The fourth-order valence-electron chi connectivity index (χ4n) is 0.600. The van der Waals surface area contributed by atoms with E-state index in [1.807, 2.05) is 0 Å². The van der Waals surface area contributed by atoms with Gasteiger partial charge in [0, 0.05) is 6.07 Å². The predicted molar refractivity (Wildman–Crippen MR) is 34.2 cm³/mol. The largest absolute Gasteiger partial charge is 0.504 e. The number of aliphatic hydroxyl groups excluding tert-OH is 1. The zero-order valence-electron chi connectivity index (χ0n) is 5.44. The van der Waals surface area contributed by atoms with Crippen LogP contribution in [0.5, 0.6) is 11.5 Å². The molecule has 5 heteroatoms. The molecule has 0 bridgehead atoms. The topological polar surface area (TPSA) is 90.9 Å².